The summed E-state index contributed by atoms with van der Waals surface area (Å²) in [6.45, 7) is 0. The molecule has 0 aliphatic rings. The highest BCUT2D eigenvalue weighted by molar-refractivity contribution is 5.85. The molecule has 1 aromatic heterocycles. The van der Waals surface area contributed by atoms with E-state index in [1.807, 2.05) is 0 Å². The van der Waals surface area contributed by atoms with Gasteiger partial charge in [-0.3, -0.25) is 10.2 Å². The molecule has 5 N–H and O–H groups in total. The summed E-state index contributed by atoms with van der Waals surface area (Å²) in [5.41, 5.74) is 1.63. The van der Waals surface area contributed by atoms with Crippen LogP contribution in [0.5, 0.6) is 0 Å². The molecule has 0 amide bonds. The van der Waals surface area contributed by atoms with Gasteiger partial charge in [-0.25, -0.2) is 5.84 Å². The van der Waals surface area contributed by atoms with Crippen LogP contribution in [0.2, 0.25) is 0 Å². The minimum atomic E-state index is -0.469. The van der Waals surface area contributed by atoms with Crippen LogP contribution < -0.4 is 22.7 Å². The molecular weight excluding hydrogens is 172 g/mol. The summed E-state index contributed by atoms with van der Waals surface area (Å²) in [7, 11) is 0. The van der Waals surface area contributed by atoms with E-state index >= 15 is 0 Å². The van der Waals surface area contributed by atoms with Crippen molar-refractivity contribution in [3.63, 3.8) is 0 Å². The van der Waals surface area contributed by atoms with Gasteiger partial charge in [-0.05, 0) is 0 Å². The maximum absolute atomic E-state index is 10.6. The van der Waals surface area contributed by atoms with E-state index in [1.54, 1.807) is 0 Å². The maximum Gasteiger partial charge on any atom is 0.292 e. The van der Waals surface area contributed by atoms with Crippen LogP contribution in [0.25, 0.3) is 0 Å². The molecule has 0 aliphatic heterocycles. The first-order valence-corrected chi connectivity index (χ1v) is 2.42. The van der Waals surface area contributed by atoms with Gasteiger partial charge in [0.2, 0.25) is 0 Å². The third-order valence-electron chi connectivity index (χ3n) is 0.915. The van der Waals surface area contributed by atoms with E-state index in [0.29, 0.717) is 0 Å². The van der Waals surface area contributed by atoms with Gasteiger partial charge in [-0.1, -0.05) is 0 Å². The van der Waals surface area contributed by atoms with Crippen molar-refractivity contribution >= 4 is 18.4 Å². The number of rotatable bonds is 1. The fourth-order valence-electron chi connectivity index (χ4n) is 0.446. The Morgan fingerprint density at radius 1 is 1.64 bits per heavy atom. The number of aromatic nitrogens is 3. The zero-order valence-corrected chi connectivity index (χ0v) is 6.21. The molecule has 8 heteroatoms. The molecule has 0 saturated carbocycles. The Bertz CT molecular complexity index is 283. The summed E-state index contributed by atoms with van der Waals surface area (Å²) >= 11 is 0. The molecule has 1 aromatic rings. The lowest BCUT2D eigenvalue weighted by Crippen LogP contribution is -2.32. The summed E-state index contributed by atoms with van der Waals surface area (Å²) in [5.74, 6) is 10.1. The van der Waals surface area contributed by atoms with Crippen molar-refractivity contribution in [3.8, 4) is 0 Å². The SMILES string of the molecule is Cl.NNc1nncc(=O)n1N. The Kier molecular flexibility index (Phi) is 3.28. The molecule has 0 saturated heterocycles. The molecule has 7 nitrogen and oxygen atoms in total. The average molecular weight is 179 g/mol. The maximum atomic E-state index is 10.6. The molecule has 1 heterocycles. The molecule has 11 heavy (non-hydrogen) atoms. The second-order valence-corrected chi connectivity index (χ2v) is 1.52. The van der Waals surface area contributed by atoms with Crippen LogP contribution in [0.1, 0.15) is 0 Å². The van der Waals surface area contributed by atoms with Crippen LogP contribution in [0.4, 0.5) is 5.95 Å². The highest BCUT2D eigenvalue weighted by Crippen LogP contribution is 1.84. The van der Waals surface area contributed by atoms with E-state index in [2.05, 4.69) is 15.6 Å². The summed E-state index contributed by atoms with van der Waals surface area (Å²) in [6, 6.07) is 0. The Morgan fingerprint density at radius 2 is 2.27 bits per heavy atom. The normalized spacial score (nSPS) is 8.45. The second kappa shape index (κ2) is 3.74. The van der Waals surface area contributed by atoms with Gasteiger partial charge in [-0.15, -0.1) is 22.6 Å². The zero-order chi connectivity index (χ0) is 7.56. The van der Waals surface area contributed by atoms with Gasteiger partial charge >= 0.3 is 0 Å². The van der Waals surface area contributed by atoms with Gasteiger partial charge in [0.1, 0.15) is 6.20 Å². The van der Waals surface area contributed by atoms with Crippen molar-refractivity contribution < 1.29 is 0 Å². The Hall–Kier alpha value is -1.34. The summed E-state index contributed by atoms with van der Waals surface area (Å²) in [5, 5.41) is 6.72. The van der Waals surface area contributed by atoms with Crippen molar-refractivity contribution in [2.75, 3.05) is 11.3 Å². The summed E-state index contributed by atoms with van der Waals surface area (Å²) < 4.78 is 0.757. The molecular formula is C3H7ClN6O. The molecule has 0 spiro atoms. The first-order chi connectivity index (χ1) is 4.75. The molecule has 0 aliphatic carbocycles. The van der Waals surface area contributed by atoms with Crippen LogP contribution in [0, 0.1) is 0 Å². The lowest BCUT2D eigenvalue weighted by molar-refractivity contribution is 0.824. The van der Waals surface area contributed by atoms with E-state index in [-0.39, 0.29) is 18.4 Å². The molecule has 0 bridgehead atoms. The number of nitrogens with zero attached hydrogens (tertiary/aromatic N) is 3. The van der Waals surface area contributed by atoms with E-state index in [1.165, 1.54) is 0 Å². The lowest BCUT2D eigenvalue weighted by Gasteiger charge is -2.00. The Labute approximate surface area is 67.8 Å². The topological polar surface area (TPSA) is 112 Å². The van der Waals surface area contributed by atoms with Crippen LogP contribution in [0.3, 0.4) is 0 Å². The van der Waals surface area contributed by atoms with Gasteiger partial charge in [0.15, 0.2) is 0 Å². The molecule has 0 atom stereocenters. The number of nitrogens with one attached hydrogen (secondary N) is 1. The summed E-state index contributed by atoms with van der Waals surface area (Å²) in [6.07, 6.45) is 0.987. The van der Waals surface area contributed by atoms with Crippen LogP contribution in [0.15, 0.2) is 11.0 Å². The third kappa shape index (κ3) is 1.79. The summed E-state index contributed by atoms with van der Waals surface area (Å²) in [4.78, 5) is 10.6. The number of nitrogen functional groups attached to an aromatic ring is 2. The fourth-order valence-corrected chi connectivity index (χ4v) is 0.446. The van der Waals surface area contributed by atoms with E-state index < -0.39 is 5.56 Å². The highest BCUT2D eigenvalue weighted by Gasteiger charge is 1.97. The zero-order valence-electron chi connectivity index (χ0n) is 5.39. The van der Waals surface area contributed by atoms with Crippen LogP contribution in [-0.2, 0) is 0 Å². The van der Waals surface area contributed by atoms with Gasteiger partial charge in [0, 0.05) is 0 Å². The van der Waals surface area contributed by atoms with Crippen molar-refractivity contribution in [1.29, 1.82) is 0 Å². The molecule has 62 valence electrons. The van der Waals surface area contributed by atoms with Crippen LogP contribution in [-0.4, -0.2) is 14.9 Å². The van der Waals surface area contributed by atoms with Crippen LogP contribution >= 0.6 is 12.4 Å². The number of hydrogen-bond donors (Lipinski definition) is 3. The second-order valence-electron chi connectivity index (χ2n) is 1.52. The largest absolute Gasteiger partial charge is 0.333 e. The Balaban J connectivity index is 0.000001000. The molecule has 0 aromatic carbocycles. The van der Waals surface area contributed by atoms with Crippen molar-refractivity contribution in [1.82, 2.24) is 14.9 Å². The predicted octanol–water partition coefficient (Wildman–Crippen LogP) is -1.94. The number of anilines is 1. The first-order valence-electron chi connectivity index (χ1n) is 2.42. The number of halogens is 1. The quantitative estimate of drug-likeness (QED) is 0.341. The smallest absolute Gasteiger partial charge is 0.292 e. The molecule has 0 radical (unpaired) electrons. The van der Waals surface area contributed by atoms with Gasteiger partial charge in [0.05, 0.1) is 0 Å². The fraction of sp³-hybridized carbons (Fsp3) is 0. The van der Waals surface area contributed by atoms with Gasteiger partial charge < -0.3 is 5.84 Å². The molecule has 0 fully saturated rings. The van der Waals surface area contributed by atoms with Crippen molar-refractivity contribution in [3.05, 3.63) is 16.6 Å². The van der Waals surface area contributed by atoms with Gasteiger partial charge in [-0.2, -0.15) is 4.68 Å². The van der Waals surface area contributed by atoms with Crippen molar-refractivity contribution in [2.45, 2.75) is 0 Å². The van der Waals surface area contributed by atoms with E-state index in [4.69, 9.17) is 11.7 Å². The molecule has 1 rings (SSSR count). The lowest BCUT2D eigenvalue weighted by atomic mass is 10.8. The molecule has 0 unspecified atom stereocenters. The number of hydrazine groups is 1. The average Bonchev–Trinajstić information content (AvgIpc) is 1.95. The van der Waals surface area contributed by atoms with E-state index in [0.717, 1.165) is 10.9 Å². The third-order valence-corrected chi connectivity index (χ3v) is 0.915. The standard InChI is InChI=1S/C3H6N6O.ClH/c4-7-3-8-6-1-2(10)9(3)5;/h1H,4-5H2,(H,7,8);1H. The minimum Gasteiger partial charge on any atom is -0.333 e. The number of hydrogen-bond acceptors (Lipinski definition) is 6. The monoisotopic (exact) mass is 178 g/mol. The van der Waals surface area contributed by atoms with E-state index in [9.17, 15) is 4.79 Å². The van der Waals surface area contributed by atoms with Crippen molar-refractivity contribution in [2.24, 2.45) is 5.84 Å². The Morgan fingerprint density at radius 3 is 2.73 bits per heavy atom. The number of nitrogens with two attached hydrogens (primary N) is 2. The minimum absolute atomic E-state index is 0. The van der Waals surface area contributed by atoms with Gasteiger partial charge in [0.25, 0.3) is 11.5 Å². The highest BCUT2D eigenvalue weighted by atomic mass is 35.5. The predicted molar refractivity (Wildman–Crippen MR) is 41.5 cm³/mol. The first kappa shape index (κ1) is 9.66.